The molecule has 0 aliphatic carbocycles. The van der Waals surface area contributed by atoms with Gasteiger partial charge < -0.3 is 15.4 Å². The number of nitrogens with zero attached hydrogens (tertiary/aromatic N) is 3. The van der Waals surface area contributed by atoms with Gasteiger partial charge >= 0.3 is 0 Å². The standard InChI is InChI=1S/C31H34ClN5O4/c1-19-12-15-26(20(2)17-19)41-16-8-11-27(38)33-21-13-14-22(32)24(18-21)34-30(40)28(29(39)31(3,4)5)37-25-10-7-6-9-23(25)35-36-37/h6-7,9-10,12-15,17-18,28H,8,11,16H2,1-5H3,(H,33,38)(H,34,40). The number of fused-ring (bicyclic) bond motifs is 1. The predicted octanol–water partition coefficient (Wildman–Crippen LogP) is 6.29. The van der Waals surface area contributed by atoms with Gasteiger partial charge in [0.1, 0.15) is 11.3 Å². The van der Waals surface area contributed by atoms with Crippen LogP contribution in [-0.2, 0) is 14.4 Å². The molecule has 0 aliphatic rings. The molecule has 9 nitrogen and oxygen atoms in total. The van der Waals surface area contributed by atoms with Crippen LogP contribution in [0.4, 0.5) is 11.4 Å². The van der Waals surface area contributed by atoms with E-state index in [0.29, 0.717) is 29.7 Å². The largest absolute Gasteiger partial charge is 0.493 e. The summed E-state index contributed by atoms with van der Waals surface area (Å²) in [6, 6.07) is 16.6. The van der Waals surface area contributed by atoms with Crippen LogP contribution in [0, 0.1) is 19.3 Å². The Morgan fingerprint density at radius 3 is 2.49 bits per heavy atom. The lowest BCUT2D eigenvalue weighted by molar-refractivity contribution is -0.135. The Morgan fingerprint density at radius 2 is 1.76 bits per heavy atom. The van der Waals surface area contributed by atoms with Gasteiger partial charge in [0.25, 0.3) is 5.91 Å². The highest BCUT2D eigenvalue weighted by molar-refractivity contribution is 6.34. The van der Waals surface area contributed by atoms with E-state index >= 15 is 0 Å². The van der Waals surface area contributed by atoms with Crippen molar-refractivity contribution >= 4 is 51.6 Å². The summed E-state index contributed by atoms with van der Waals surface area (Å²) in [5, 5.41) is 14.1. The number of rotatable bonds is 10. The first kappa shape index (κ1) is 29.7. The van der Waals surface area contributed by atoms with Crippen molar-refractivity contribution in [2.24, 2.45) is 5.41 Å². The maximum absolute atomic E-state index is 13.6. The van der Waals surface area contributed by atoms with Crippen LogP contribution in [0.15, 0.2) is 60.7 Å². The van der Waals surface area contributed by atoms with Gasteiger partial charge in [-0.2, -0.15) is 0 Å². The second-order valence-corrected chi connectivity index (χ2v) is 11.4. The summed E-state index contributed by atoms with van der Waals surface area (Å²) in [6.45, 7) is 9.64. The summed E-state index contributed by atoms with van der Waals surface area (Å²) < 4.78 is 7.14. The van der Waals surface area contributed by atoms with E-state index in [9.17, 15) is 14.4 Å². The number of anilines is 2. The highest BCUT2D eigenvalue weighted by Crippen LogP contribution is 2.30. The number of aromatic nitrogens is 3. The lowest BCUT2D eigenvalue weighted by Gasteiger charge is -2.24. The molecule has 2 amide bonds. The van der Waals surface area contributed by atoms with Crippen molar-refractivity contribution in [3.63, 3.8) is 0 Å². The SMILES string of the molecule is Cc1ccc(OCCCC(=O)Nc2ccc(Cl)c(NC(=O)C(C(=O)C(C)(C)C)n3nnc4ccccc43)c2)c(C)c1. The quantitative estimate of drug-likeness (QED) is 0.169. The number of amides is 2. The molecule has 214 valence electrons. The molecule has 10 heteroatoms. The average molecular weight is 576 g/mol. The number of para-hydroxylation sites is 1. The number of hydrogen-bond acceptors (Lipinski definition) is 6. The number of benzene rings is 3. The fourth-order valence-electron chi connectivity index (χ4n) is 4.33. The molecule has 0 radical (unpaired) electrons. The lowest BCUT2D eigenvalue weighted by atomic mass is 9.86. The van der Waals surface area contributed by atoms with Crippen molar-refractivity contribution in [2.75, 3.05) is 17.2 Å². The fraction of sp³-hybridized carbons (Fsp3) is 0.323. The highest BCUT2D eigenvalue weighted by atomic mass is 35.5. The highest BCUT2D eigenvalue weighted by Gasteiger charge is 2.38. The number of Topliss-reactive ketones (excluding diaryl/α,β-unsaturated/α-hetero) is 1. The molecule has 4 rings (SSSR count). The Kier molecular flexibility index (Phi) is 9.08. The summed E-state index contributed by atoms with van der Waals surface area (Å²) in [4.78, 5) is 39.6. The number of nitrogens with one attached hydrogen (secondary N) is 2. The maximum atomic E-state index is 13.6. The third-order valence-electron chi connectivity index (χ3n) is 6.50. The van der Waals surface area contributed by atoms with Crippen LogP contribution >= 0.6 is 11.6 Å². The average Bonchev–Trinajstić information content (AvgIpc) is 3.33. The number of carbonyl (C=O) groups excluding carboxylic acids is 3. The molecule has 0 bridgehead atoms. The topological polar surface area (TPSA) is 115 Å². The van der Waals surface area contributed by atoms with Crippen molar-refractivity contribution in [1.29, 1.82) is 0 Å². The van der Waals surface area contributed by atoms with Crippen LogP contribution in [-0.4, -0.2) is 39.2 Å². The lowest BCUT2D eigenvalue weighted by Crippen LogP contribution is -2.39. The first-order valence-corrected chi connectivity index (χ1v) is 13.8. The van der Waals surface area contributed by atoms with Gasteiger partial charge in [-0.25, -0.2) is 4.68 Å². The molecule has 0 aliphatic heterocycles. The van der Waals surface area contributed by atoms with Crippen LogP contribution in [0.2, 0.25) is 5.02 Å². The van der Waals surface area contributed by atoms with Gasteiger partial charge in [-0.3, -0.25) is 14.4 Å². The molecule has 1 heterocycles. The Hall–Kier alpha value is -4.24. The normalized spacial score (nSPS) is 12.1. The minimum absolute atomic E-state index is 0.205. The minimum Gasteiger partial charge on any atom is -0.493 e. The Bertz CT molecular complexity index is 1590. The Morgan fingerprint density at radius 1 is 1.00 bits per heavy atom. The van der Waals surface area contributed by atoms with Crippen molar-refractivity contribution < 1.29 is 19.1 Å². The van der Waals surface area contributed by atoms with Gasteiger partial charge in [-0.1, -0.05) is 67.4 Å². The molecule has 0 spiro atoms. The summed E-state index contributed by atoms with van der Waals surface area (Å²) in [7, 11) is 0. The molecule has 1 atom stereocenters. The molecule has 0 saturated heterocycles. The van der Waals surface area contributed by atoms with Crippen molar-refractivity contribution in [3.05, 3.63) is 76.8 Å². The smallest absolute Gasteiger partial charge is 0.257 e. The van der Waals surface area contributed by atoms with E-state index in [4.69, 9.17) is 16.3 Å². The number of ether oxygens (including phenoxy) is 1. The van der Waals surface area contributed by atoms with Crippen LogP contribution in [0.3, 0.4) is 0 Å². The van der Waals surface area contributed by atoms with Gasteiger partial charge in [0, 0.05) is 17.5 Å². The third-order valence-corrected chi connectivity index (χ3v) is 6.83. The van der Waals surface area contributed by atoms with Gasteiger partial charge in [0.05, 0.1) is 22.8 Å². The van der Waals surface area contributed by atoms with Crippen molar-refractivity contribution in [3.8, 4) is 5.75 Å². The monoisotopic (exact) mass is 575 g/mol. The molecule has 41 heavy (non-hydrogen) atoms. The van der Waals surface area contributed by atoms with Crippen LogP contribution in [0.5, 0.6) is 5.75 Å². The molecule has 4 aromatic rings. The molecule has 1 aromatic heterocycles. The van der Waals surface area contributed by atoms with E-state index < -0.39 is 17.4 Å². The molecule has 3 aromatic carbocycles. The first-order valence-electron chi connectivity index (χ1n) is 13.4. The molecular formula is C31H34ClN5O4. The van der Waals surface area contributed by atoms with Crippen LogP contribution < -0.4 is 15.4 Å². The van der Waals surface area contributed by atoms with E-state index in [1.807, 2.05) is 32.0 Å². The molecular weight excluding hydrogens is 542 g/mol. The number of hydrogen-bond donors (Lipinski definition) is 2. The number of ketones is 1. The maximum Gasteiger partial charge on any atom is 0.257 e. The van der Waals surface area contributed by atoms with Crippen molar-refractivity contribution in [1.82, 2.24) is 15.0 Å². The zero-order valence-corrected chi connectivity index (χ0v) is 24.6. The van der Waals surface area contributed by atoms with Gasteiger partial charge in [-0.05, 0) is 62.2 Å². The summed E-state index contributed by atoms with van der Waals surface area (Å²) in [5.41, 5.74) is 3.20. The van der Waals surface area contributed by atoms with Gasteiger partial charge in [-0.15, -0.1) is 5.10 Å². The van der Waals surface area contributed by atoms with E-state index in [-0.39, 0.29) is 28.8 Å². The fourth-order valence-corrected chi connectivity index (χ4v) is 4.49. The first-order chi connectivity index (χ1) is 19.4. The van der Waals surface area contributed by atoms with Gasteiger partial charge in [0.15, 0.2) is 11.8 Å². The zero-order valence-electron chi connectivity index (χ0n) is 23.8. The molecule has 2 N–H and O–H groups in total. The second-order valence-electron chi connectivity index (χ2n) is 11.0. The third kappa shape index (κ3) is 7.29. The second kappa shape index (κ2) is 12.5. The molecule has 0 fully saturated rings. The summed E-state index contributed by atoms with van der Waals surface area (Å²) in [6.07, 6.45) is 0.773. The van der Waals surface area contributed by atoms with E-state index in [1.54, 1.807) is 63.2 Å². The zero-order chi connectivity index (χ0) is 29.7. The number of carbonyl (C=O) groups is 3. The van der Waals surface area contributed by atoms with Gasteiger partial charge in [0.2, 0.25) is 5.91 Å². The van der Waals surface area contributed by atoms with Crippen molar-refractivity contribution in [2.45, 2.75) is 53.5 Å². The number of aryl methyl sites for hydroxylation is 2. The van der Waals surface area contributed by atoms with Crippen LogP contribution in [0.1, 0.15) is 50.8 Å². The minimum atomic E-state index is -1.28. The Balaban J connectivity index is 1.43. The Labute approximate surface area is 244 Å². The summed E-state index contributed by atoms with van der Waals surface area (Å²) >= 11 is 6.39. The predicted molar refractivity (Wildman–Crippen MR) is 160 cm³/mol. The van der Waals surface area contributed by atoms with Crippen LogP contribution in [0.25, 0.3) is 11.0 Å². The van der Waals surface area contributed by atoms with E-state index in [1.165, 1.54) is 4.68 Å². The van der Waals surface area contributed by atoms with E-state index in [0.717, 1.165) is 16.9 Å². The molecule has 0 saturated carbocycles. The summed E-state index contributed by atoms with van der Waals surface area (Å²) in [5.74, 6) is -0.358. The molecule has 1 unspecified atom stereocenters. The number of halogens is 1. The van der Waals surface area contributed by atoms with E-state index in [2.05, 4.69) is 20.9 Å².